The lowest BCUT2D eigenvalue weighted by Gasteiger charge is -2.17. The maximum Gasteiger partial charge on any atom is 0.243 e. The minimum Gasteiger partial charge on any atom is -0.491 e. The van der Waals surface area contributed by atoms with Crippen molar-refractivity contribution < 1.29 is 22.7 Å². The Balaban J connectivity index is 1.98. The van der Waals surface area contributed by atoms with E-state index in [-0.39, 0.29) is 11.4 Å². The second-order valence-corrected chi connectivity index (χ2v) is 8.59. The van der Waals surface area contributed by atoms with E-state index in [9.17, 15) is 13.2 Å². The van der Waals surface area contributed by atoms with Gasteiger partial charge in [0.1, 0.15) is 12.4 Å². The van der Waals surface area contributed by atoms with Gasteiger partial charge in [0, 0.05) is 30.4 Å². The zero-order chi connectivity index (χ0) is 19.9. The predicted octanol–water partition coefficient (Wildman–Crippen LogP) is 2.73. The second kappa shape index (κ2) is 9.84. The molecule has 0 spiro atoms. The van der Waals surface area contributed by atoms with Gasteiger partial charge >= 0.3 is 0 Å². The zero-order valence-electron chi connectivity index (χ0n) is 15.0. The van der Waals surface area contributed by atoms with Crippen LogP contribution in [-0.2, 0) is 19.6 Å². The van der Waals surface area contributed by atoms with E-state index in [0.717, 1.165) is 8.78 Å². The highest BCUT2D eigenvalue weighted by molar-refractivity contribution is 9.10. The molecule has 0 aliphatic rings. The van der Waals surface area contributed by atoms with Crippen LogP contribution in [0, 0.1) is 0 Å². The highest BCUT2D eigenvalue weighted by Crippen LogP contribution is 2.19. The molecule has 27 heavy (non-hydrogen) atoms. The van der Waals surface area contributed by atoms with Crippen LogP contribution >= 0.6 is 15.9 Å². The number of amides is 1. The molecular weight excluding hydrogens is 436 g/mol. The van der Waals surface area contributed by atoms with Crippen LogP contribution in [0.25, 0.3) is 0 Å². The van der Waals surface area contributed by atoms with Crippen molar-refractivity contribution in [3.05, 3.63) is 53.0 Å². The molecule has 0 unspecified atom stereocenters. The number of hydrogen-bond acceptors (Lipinski definition) is 5. The summed E-state index contributed by atoms with van der Waals surface area (Å²) in [4.78, 5) is 12.4. The molecule has 0 atom stereocenters. The van der Waals surface area contributed by atoms with E-state index in [1.165, 1.54) is 19.2 Å². The predicted molar refractivity (Wildman–Crippen MR) is 106 cm³/mol. The van der Waals surface area contributed by atoms with Gasteiger partial charge in [0.25, 0.3) is 0 Å². The lowest BCUT2D eigenvalue weighted by Crippen LogP contribution is -2.34. The smallest absolute Gasteiger partial charge is 0.243 e. The van der Waals surface area contributed by atoms with Gasteiger partial charge < -0.3 is 14.8 Å². The first-order valence-electron chi connectivity index (χ1n) is 8.06. The number of nitrogens with zero attached hydrogens (tertiary/aromatic N) is 1. The molecule has 0 fully saturated rings. The summed E-state index contributed by atoms with van der Waals surface area (Å²) in [6.45, 7) is 0.532. The largest absolute Gasteiger partial charge is 0.491 e. The number of hydrogen-bond donors (Lipinski definition) is 1. The summed E-state index contributed by atoms with van der Waals surface area (Å²) in [5, 5.41) is 2.67. The average molecular weight is 457 g/mol. The molecule has 2 aromatic rings. The molecule has 7 nitrogen and oxygen atoms in total. The fourth-order valence-electron chi connectivity index (χ4n) is 2.18. The van der Waals surface area contributed by atoms with E-state index in [4.69, 9.17) is 9.47 Å². The number of likely N-dealkylation sites (N-methyl/N-ethyl adjacent to an activating group) is 1. The third-order valence-electron chi connectivity index (χ3n) is 3.56. The minimum absolute atomic E-state index is 0.120. The van der Waals surface area contributed by atoms with E-state index < -0.39 is 15.9 Å². The third kappa shape index (κ3) is 6.31. The van der Waals surface area contributed by atoms with E-state index in [1.54, 1.807) is 43.5 Å². The van der Waals surface area contributed by atoms with Gasteiger partial charge in [-0.15, -0.1) is 0 Å². The third-order valence-corrected chi connectivity index (χ3v) is 5.91. The Labute approximate surface area is 167 Å². The summed E-state index contributed by atoms with van der Waals surface area (Å²) in [5.74, 6) is 0.132. The van der Waals surface area contributed by atoms with Gasteiger partial charge in [0.05, 0.1) is 18.0 Å². The van der Waals surface area contributed by atoms with Crippen molar-refractivity contribution in [1.82, 2.24) is 4.31 Å². The van der Waals surface area contributed by atoms with Gasteiger partial charge in [-0.1, -0.05) is 22.0 Å². The van der Waals surface area contributed by atoms with Gasteiger partial charge in [-0.05, 0) is 36.4 Å². The number of carbonyl (C=O) groups is 1. The van der Waals surface area contributed by atoms with E-state index in [1.807, 2.05) is 0 Å². The molecule has 1 N–H and O–H groups in total. The lowest BCUT2D eigenvalue weighted by molar-refractivity contribution is -0.116. The first-order chi connectivity index (χ1) is 12.8. The van der Waals surface area contributed by atoms with Crippen LogP contribution in [0.4, 0.5) is 5.69 Å². The van der Waals surface area contributed by atoms with E-state index >= 15 is 0 Å². The van der Waals surface area contributed by atoms with Gasteiger partial charge in [0.2, 0.25) is 15.9 Å². The maximum atomic E-state index is 12.5. The van der Waals surface area contributed by atoms with Crippen LogP contribution in [0.3, 0.4) is 0 Å². The zero-order valence-corrected chi connectivity index (χ0v) is 17.4. The number of ether oxygens (including phenoxy) is 2. The highest BCUT2D eigenvalue weighted by Gasteiger charge is 2.22. The van der Waals surface area contributed by atoms with Crippen molar-refractivity contribution >= 4 is 37.5 Å². The Morgan fingerprint density at radius 1 is 1.15 bits per heavy atom. The number of nitrogens with one attached hydrogen (secondary N) is 1. The monoisotopic (exact) mass is 456 g/mol. The van der Waals surface area contributed by atoms with Crippen LogP contribution in [-0.4, -0.2) is 52.5 Å². The molecule has 0 saturated carbocycles. The summed E-state index contributed by atoms with van der Waals surface area (Å²) >= 11 is 3.26. The first-order valence-corrected chi connectivity index (χ1v) is 10.3. The number of methoxy groups -OCH3 is 1. The SMILES string of the molecule is COCCOc1cccc(NC(=O)CN(C)S(=O)(=O)c2ccc(Br)cc2)c1. The van der Waals surface area contributed by atoms with Crippen molar-refractivity contribution in [3.8, 4) is 5.75 Å². The molecule has 2 aromatic carbocycles. The number of sulfonamides is 1. The molecule has 0 bridgehead atoms. The molecule has 0 aromatic heterocycles. The molecule has 0 heterocycles. The number of benzene rings is 2. The molecule has 1 amide bonds. The van der Waals surface area contributed by atoms with Crippen LogP contribution in [0.5, 0.6) is 5.75 Å². The molecule has 146 valence electrons. The normalized spacial score (nSPS) is 11.4. The van der Waals surface area contributed by atoms with Crippen molar-refractivity contribution in [1.29, 1.82) is 0 Å². The highest BCUT2D eigenvalue weighted by atomic mass is 79.9. The Kier molecular flexibility index (Phi) is 7.78. The topological polar surface area (TPSA) is 84.9 Å². The van der Waals surface area contributed by atoms with Crippen LogP contribution in [0.2, 0.25) is 0 Å². The Morgan fingerprint density at radius 3 is 2.52 bits per heavy atom. The summed E-state index contributed by atoms with van der Waals surface area (Å²) in [5.41, 5.74) is 0.518. The minimum atomic E-state index is -3.75. The van der Waals surface area contributed by atoms with Crippen molar-refractivity contribution in [2.24, 2.45) is 0 Å². The van der Waals surface area contributed by atoms with Gasteiger partial charge in [-0.3, -0.25) is 4.79 Å². The molecular formula is C18H21BrN2O5S. The van der Waals surface area contributed by atoms with Crippen LogP contribution < -0.4 is 10.1 Å². The molecule has 0 radical (unpaired) electrons. The summed E-state index contributed by atoms with van der Waals surface area (Å²) < 4.78 is 37.2. The molecule has 0 aliphatic carbocycles. The van der Waals surface area contributed by atoms with Crippen molar-refractivity contribution in [2.45, 2.75) is 4.90 Å². The van der Waals surface area contributed by atoms with E-state index in [0.29, 0.717) is 24.7 Å². The van der Waals surface area contributed by atoms with Crippen molar-refractivity contribution in [2.75, 3.05) is 39.2 Å². The maximum absolute atomic E-state index is 12.5. The fraction of sp³-hybridized carbons (Fsp3) is 0.278. The Hall–Kier alpha value is -1.94. The average Bonchev–Trinajstić information content (AvgIpc) is 2.62. The summed E-state index contributed by atoms with van der Waals surface area (Å²) in [7, 11) is -0.809. The number of carbonyl (C=O) groups excluding carboxylic acids is 1. The number of rotatable bonds is 9. The lowest BCUT2D eigenvalue weighted by atomic mass is 10.3. The quantitative estimate of drug-likeness (QED) is 0.586. The molecule has 0 saturated heterocycles. The standard InChI is InChI=1S/C18H21BrN2O5S/c1-21(27(23,24)17-8-6-14(19)7-9-17)13-18(22)20-15-4-3-5-16(12-15)26-11-10-25-2/h3-9,12H,10-11,13H2,1-2H3,(H,20,22). The first kappa shape index (κ1) is 21.4. The van der Waals surface area contributed by atoms with Gasteiger partial charge in [-0.2, -0.15) is 4.31 Å². The van der Waals surface area contributed by atoms with Crippen LogP contribution in [0.15, 0.2) is 57.9 Å². The number of anilines is 1. The Bertz CT molecular complexity index is 872. The second-order valence-electron chi connectivity index (χ2n) is 5.63. The Morgan fingerprint density at radius 2 is 1.85 bits per heavy atom. The number of halogens is 1. The summed E-state index contributed by atoms with van der Waals surface area (Å²) in [6, 6.07) is 13.1. The molecule has 0 aliphatic heterocycles. The summed E-state index contributed by atoms with van der Waals surface area (Å²) in [6.07, 6.45) is 0. The van der Waals surface area contributed by atoms with Crippen LogP contribution in [0.1, 0.15) is 0 Å². The molecule has 2 rings (SSSR count). The molecule has 9 heteroatoms. The van der Waals surface area contributed by atoms with Crippen molar-refractivity contribution in [3.63, 3.8) is 0 Å². The van der Waals surface area contributed by atoms with Gasteiger partial charge in [0.15, 0.2) is 0 Å². The van der Waals surface area contributed by atoms with E-state index in [2.05, 4.69) is 21.2 Å². The van der Waals surface area contributed by atoms with Gasteiger partial charge in [-0.25, -0.2) is 8.42 Å². The fourth-order valence-corrected chi connectivity index (χ4v) is 3.57.